The van der Waals surface area contributed by atoms with Gasteiger partial charge in [-0.3, -0.25) is 0 Å². The van der Waals surface area contributed by atoms with Crippen LogP contribution in [-0.4, -0.2) is 15.8 Å². The third-order valence-corrected chi connectivity index (χ3v) is 3.97. The minimum Gasteiger partial charge on any atom is -0.512 e. The largest absolute Gasteiger partial charge is 0.512 e. The van der Waals surface area contributed by atoms with E-state index in [0.717, 1.165) is 6.42 Å². The first-order chi connectivity index (χ1) is 11.2. The van der Waals surface area contributed by atoms with Crippen molar-refractivity contribution in [1.29, 1.82) is 0 Å². The molecule has 0 saturated heterocycles. The molecule has 2 nitrogen and oxygen atoms in total. The molecular weight excluding hydrogens is 284 g/mol. The van der Waals surface area contributed by atoms with Gasteiger partial charge >= 0.3 is 0 Å². The molecule has 2 N–H and O–H groups in total. The molecule has 1 atom stereocenters. The molecule has 0 fully saturated rings. The molecule has 0 radical (unpaired) electrons. The number of unbranched alkanes of at least 4 members (excludes halogenated alkanes) is 7. The third kappa shape index (κ3) is 9.96. The maximum atomic E-state index is 10.2. The van der Waals surface area contributed by atoms with E-state index < -0.39 is 5.60 Å². The number of aliphatic hydroxyl groups excluding tert-OH is 1. The standard InChI is InChI=1S/C21H32O2/c1-2-3-4-5-6-7-8-9-10-11-12-13-14-17-21(23)18-15-16-20(22)19-21/h10-18,22-23H,2-9,19H2,1H3. The van der Waals surface area contributed by atoms with Crippen molar-refractivity contribution < 1.29 is 10.2 Å². The molecule has 0 spiro atoms. The van der Waals surface area contributed by atoms with Crippen LogP contribution in [0.15, 0.2) is 60.4 Å². The summed E-state index contributed by atoms with van der Waals surface area (Å²) in [6.07, 6.45) is 27.4. The summed E-state index contributed by atoms with van der Waals surface area (Å²) in [6.45, 7) is 2.25. The van der Waals surface area contributed by atoms with E-state index in [1.54, 1.807) is 24.3 Å². The second kappa shape index (κ2) is 12.0. The van der Waals surface area contributed by atoms with E-state index in [0.29, 0.717) is 0 Å². The molecule has 0 amide bonds. The lowest BCUT2D eigenvalue weighted by Crippen LogP contribution is -2.24. The summed E-state index contributed by atoms with van der Waals surface area (Å²) >= 11 is 0. The average Bonchev–Trinajstić information content (AvgIpc) is 2.51. The molecule has 0 aromatic rings. The molecule has 1 aliphatic carbocycles. The molecule has 0 aromatic heterocycles. The van der Waals surface area contributed by atoms with Crippen LogP contribution in [0.3, 0.4) is 0 Å². The molecule has 0 bridgehead atoms. The molecule has 1 aliphatic rings. The van der Waals surface area contributed by atoms with Crippen LogP contribution in [0.4, 0.5) is 0 Å². The molecule has 0 aromatic carbocycles. The first-order valence-electron chi connectivity index (χ1n) is 8.97. The van der Waals surface area contributed by atoms with Gasteiger partial charge in [-0.25, -0.2) is 0 Å². The summed E-state index contributed by atoms with van der Waals surface area (Å²) in [4.78, 5) is 0. The zero-order valence-corrected chi connectivity index (χ0v) is 14.5. The molecule has 1 unspecified atom stereocenters. The van der Waals surface area contributed by atoms with Crippen LogP contribution in [0.2, 0.25) is 0 Å². The summed E-state index contributed by atoms with van der Waals surface area (Å²) < 4.78 is 0. The van der Waals surface area contributed by atoms with Gasteiger partial charge in [0.15, 0.2) is 0 Å². The van der Waals surface area contributed by atoms with Gasteiger partial charge in [0.2, 0.25) is 0 Å². The van der Waals surface area contributed by atoms with E-state index in [-0.39, 0.29) is 12.2 Å². The van der Waals surface area contributed by atoms with Gasteiger partial charge < -0.3 is 10.2 Å². The van der Waals surface area contributed by atoms with E-state index in [4.69, 9.17) is 0 Å². The van der Waals surface area contributed by atoms with E-state index >= 15 is 0 Å². The Hall–Kier alpha value is -1.54. The van der Waals surface area contributed by atoms with Crippen LogP contribution < -0.4 is 0 Å². The molecule has 23 heavy (non-hydrogen) atoms. The fourth-order valence-electron chi connectivity index (χ4n) is 2.59. The lowest BCUT2D eigenvalue weighted by Gasteiger charge is -2.22. The highest BCUT2D eigenvalue weighted by Crippen LogP contribution is 2.22. The lowest BCUT2D eigenvalue weighted by atomic mass is 9.94. The predicted octanol–water partition coefficient (Wildman–Crippen LogP) is 5.93. The Bertz CT molecular complexity index is 454. The van der Waals surface area contributed by atoms with E-state index in [1.165, 1.54) is 44.9 Å². The highest BCUT2D eigenvalue weighted by molar-refractivity contribution is 5.28. The maximum absolute atomic E-state index is 10.2. The topological polar surface area (TPSA) is 40.5 Å². The van der Waals surface area contributed by atoms with Gasteiger partial charge in [-0.15, -0.1) is 0 Å². The fourth-order valence-corrected chi connectivity index (χ4v) is 2.59. The van der Waals surface area contributed by atoms with Gasteiger partial charge in [0.05, 0.1) is 5.76 Å². The first-order valence-corrected chi connectivity index (χ1v) is 8.97. The van der Waals surface area contributed by atoms with Crippen molar-refractivity contribution in [3.63, 3.8) is 0 Å². The van der Waals surface area contributed by atoms with Crippen molar-refractivity contribution >= 4 is 0 Å². The Balaban J connectivity index is 2.08. The summed E-state index contributed by atoms with van der Waals surface area (Å²) in [5.41, 5.74) is -1.06. The Morgan fingerprint density at radius 1 is 1.00 bits per heavy atom. The highest BCUT2D eigenvalue weighted by atomic mass is 16.3. The van der Waals surface area contributed by atoms with Crippen molar-refractivity contribution in [2.45, 2.75) is 70.3 Å². The minimum atomic E-state index is -1.06. The zero-order valence-electron chi connectivity index (χ0n) is 14.5. The summed E-state index contributed by atoms with van der Waals surface area (Å²) in [5.74, 6) is 0.207. The zero-order chi connectivity index (χ0) is 16.8. The van der Waals surface area contributed by atoms with Crippen molar-refractivity contribution in [2.75, 3.05) is 0 Å². The quantitative estimate of drug-likeness (QED) is 0.366. The summed E-state index contributed by atoms with van der Waals surface area (Å²) in [6, 6.07) is 0. The number of allylic oxidation sites excluding steroid dienone is 7. The van der Waals surface area contributed by atoms with Crippen molar-refractivity contribution in [2.24, 2.45) is 0 Å². The van der Waals surface area contributed by atoms with E-state index in [2.05, 4.69) is 19.1 Å². The molecule has 128 valence electrons. The number of aliphatic hydroxyl groups is 2. The Morgan fingerprint density at radius 3 is 2.43 bits per heavy atom. The lowest BCUT2D eigenvalue weighted by molar-refractivity contribution is 0.125. The van der Waals surface area contributed by atoms with Gasteiger partial charge in [-0.2, -0.15) is 0 Å². The molecule has 0 heterocycles. The normalized spacial score (nSPS) is 21.7. The van der Waals surface area contributed by atoms with Crippen LogP contribution in [0.1, 0.15) is 64.7 Å². The number of hydrogen-bond donors (Lipinski definition) is 2. The molecule has 0 aliphatic heterocycles. The van der Waals surface area contributed by atoms with Crippen LogP contribution in [0, 0.1) is 0 Å². The van der Waals surface area contributed by atoms with Crippen molar-refractivity contribution in [1.82, 2.24) is 0 Å². The van der Waals surface area contributed by atoms with E-state index in [9.17, 15) is 10.2 Å². The summed E-state index contributed by atoms with van der Waals surface area (Å²) in [5, 5.41) is 19.6. The molecular formula is C21H32O2. The highest BCUT2D eigenvalue weighted by Gasteiger charge is 2.23. The van der Waals surface area contributed by atoms with Crippen LogP contribution in [-0.2, 0) is 0 Å². The third-order valence-electron chi connectivity index (χ3n) is 3.97. The molecule has 0 saturated carbocycles. The number of rotatable bonds is 11. The maximum Gasteiger partial charge on any atom is 0.108 e. The monoisotopic (exact) mass is 316 g/mol. The van der Waals surface area contributed by atoms with Crippen LogP contribution >= 0.6 is 0 Å². The average molecular weight is 316 g/mol. The Morgan fingerprint density at radius 2 is 1.70 bits per heavy atom. The van der Waals surface area contributed by atoms with Gasteiger partial charge in [-0.1, -0.05) is 81.9 Å². The SMILES string of the molecule is CCCCCCCCCC=CC=CC=CC1(O)C=CC=C(O)C1. The van der Waals surface area contributed by atoms with E-state index in [1.807, 2.05) is 18.2 Å². The van der Waals surface area contributed by atoms with Crippen molar-refractivity contribution in [3.8, 4) is 0 Å². The smallest absolute Gasteiger partial charge is 0.108 e. The minimum absolute atomic E-state index is 0.207. The number of hydrogen-bond acceptors (Lipinski definition) is 2. The van der Waals surface area contributed by atoms with Crippen molar-refractivity contribution in [3.05, 3.63) is 60.4 Å². The second-order valence-electron chi connectivity index (χ2n) is 6.27. The molecule has 1 rings (SSSR count). The van der Waals surface area contributed by atoms with Gasteiger partial charge in [0, 0.05) is 6.42 Å². The first kappa shape index (κ1) is 19.5. The Kier molecular flexibility index (Phi) is 10.1. The van der Waals surface area contributed by atoms with Gasteiger partial charge in [0.25, 0.3) is 0 Å². The van der Waals surface area contributed by atoms with Gasteiger partial charge in [-0.05, 0) is 31.1 Å². The second-order valence-corrected chi connectivity index (χ2v) is 6.27. The molecule has 2 heteroatoms. The van der Waals surface area contributed by atoms with Crippen LogP contribution in [0.25, 0.3) is 0 Å². The Labute approximate surface area is 141 Å². The van der Waals surface area contributed by atoms with Crippen LogP contribution in [0.5, 0.6) is 0 Å². The summed E-state index contributed by atoms with van der Waals surface area (Å²) in [7, 11) is 0. The predicted molar refractivity (Wildman–Crippen MR) is 99.4 cm³/mol. The van der Waals surface area contributed by atoms with Gasteiger partial charge in [0.1, 0.15) is 5.60 Å². The fraction of sp³-hybridized carbons (Fsp3) is 0.524.